The van der Waals surface area contributed by atoms with Gasteiger partial charge in [0.05, 0.1) is 16.4 Å². The Morgan fingerprint density at radius 2 is 1.88 bits per heavy atom. The number of carbonyl (C=O) groups excluding carboxylic acids is 3. The van der Waals surface area contributed by atoms with E-state index in [1.807, 2.05) is 30.3 Å². The number of rotatable bonds is 8. The van der Waals surface area contributed by atoms with Crippen molar-refractivity contribution in [3.63, 3.8) is 0 Å². The van der Waals surface area contributed by atoms with Gasteiger partial charge < -0.3 is 15.1 Å². The van der Waals surface area contributed by atoms with Crippen LogP contribution in [0.4, 0.5) is 5.82 Å². The number of amides is 3. The highest BCUT2D eigenvalue weighted by Gasteiger charge is 2.37. The molecule has 0 radical (unpaired) electrons. The third kappa shape index (κ3) is 6.69. The van der Waals surface area contributed by atoms with Crippen LogP contribution in [-0.2, 0) is 24.4 Å². The number of nitrogens with one attached hydrogen (secondary N) is 2. The molecule has 3 amide bonds. The molecule has 0 spiro atoms. The van der Waals surface area contributed by atoms with Crippen LogP contribution in [0.15, 0.2) is 53.9 Å². The lowest BCUT2D eigenvalue weighted by Gasteiger charge is -2.33. The van der Waals surface area contributed by atoms with Gasteiger partial charge in [-0.25, -0.2) is 13.4 Å². The SMILES string of the molecule is O=C(Nc1ccc2ccccc2n1)C1CCCN1C(=O)CN1CCCC(NS(=O)(=O)/C=C/c2ccc(Cl)s2)C1=O. The number of pyridine rings is 1. The first-order valence-corrected chi connectivity index (χ1v) is 15.6. The number of fused-ring (bicyclic) bond motifs is 1. The first-order valence-electron chi connectivity index (χ1n) is 12.9. The van der Waals surface area contributed by atoms with Crippen molar-refractivity contribution in [1.82, 2.24) is 19.5 Å². The second-order valence-corrected chi connectivity index (χ2v) is 13.0. The van der Waals surface area contributed by atoms with E-state index in [0.717, 1.165) is 16.3 Å². The molecule has 40 heavy (non-hydrogen) atoms. The van der Waals surface area contributed by atoms with E-state index in [-0.39, 0.29) is 18.4 Å². The molecule has 13 heteroatoms. The van der Waals surface area contributed by atoms with Crippen molar-refractivity contribution >= 4 is 73.5 Å². The molecule has 2 saturated heterocycles. The summed E-state index contributed by atoms with van der Waals surface area (Å²) in [6.45, 7) is 0.508. The fraction of sp³-hybridized carbons (Fsp3) is 0.333. The smallest absolute Gasteiger partial charge is 0.248 e. The second-order valence-electron chi connectivity index (χ2n) is 9.69. The fourth-order valence-corrected chi connectivity index (χ4v) is 7.03. The summed E-state index contributed by atoms with van der Waals surface area (Å²) in [5.74, 6) is -0.740. The van der Waals surface area contributed by atoms with Gasteiger partial charge in [-0.3, -0.25) is 14.4 Å². The second kappa shape index (κ2) is 12.0. The van der Waals surface area contributed by atoms with E-state index in [9.17, 15) is 22.8 Å². The maximum absolute atomic E-state index is 13.2. The summed E-state index contributed by atoms with van der Waals surface area (Å²) in [6, 6.07) is 12.9. The molecule has 2 aliphatic heterocycles. The quantitative estimate of drug-likeness (QED) is 0.407. The Kier molecular flexibility index (Phi) is 8.50. The summed E-state index contributed by atoms with van der Waals surface area (Å²) in [5.41, 5.74) is 0.750. The van der Waals surface area contributed by atoms with Crippen LogP contribution < -0.4 is 10.0 Å². The van der Waals surface area contributed by atoms with Crippen LogP contribution in [0.3, 0.4) is 0 Å². The fourth-order valence-electron chi connectivity index (χ4n) is 4.96. The van der Waals surface area contributed by atoms with Gasteiger partial charge in [-0.1, -0.05) is 29.8 Å². The highest BCUT2D eigenvalue weighted by Crippen LogP contribution is 2.24. The number of aromatic nitrogens is 1. The number of para-hydroxylation sites is 1. The first kappa shape index (κ1) is 28.2. The number of benzene rings is 1. The molecule has 10 nitrogen and oxygen atoms in total. The Morgan fingerprint density at radius 1 is 1.07 bits per heavy atom. The van der Waals surface area contributed by atoms with Gasteiger partial charge >= 0.3 is 0 Å². The minimum absolute atomic E-state index is 0.224. The molecule has 2 atom stereocenters. The van der Waals surface area contributed by atoms with E-state index in [1.165, 1.54) is 27.2 Å². The number of sulfonamides is 1. The van der Waals surface area contributed by atoms with Crippen LogP contribution in [0, 0.1) is 0 Å². The molecule has 0 saturated carbocycles. The summed E-state index contributed by atoms with van der Waals surface area (Å²) in [5, 5.41) is 4.77. The molecule has 5 rings (SSSR count). The van der Waals surface area contributed by atoms with Gasteiger partial charge in [0.25, 0.3) is 0 Å². The average molecular weight is 602 g/mol. The van der Waals surface area contributed by atoms with Gasteiger partial charge in [0.2, 0.25) is 27.7 Å². The van der Waals surface area contributed by atoms with Gasteiger partial charge in [-0.05, 0) is 62.1 Å². The summed E-state index contributed by atoms with van der Waals surface area (Å²) in [4.78, 5) is 47.4. The molecule has 2 aromatic heterocycles. The summed E-state index contributed by atoms with van der Waals surface area (Å²) < 4.78 is 28.1. The van der Waals surface area contributed by atoms with Crippen LogP contribution in [0.1, 0.15) is 30.6 Å². The predicted molar refractivity (Wildman–Crippen MR) is 155 cm³/mol. The van der Waals surface area contributed by atoms with Crippen LogP contribution in [-0.4, -0.2) is 72.6 Å². The van der Waals surface area contributed by atoms with Gasteiger partial charge in [0.1, 0.15) is 17.9 Å². The minimum Gasteiger partial charge on any atom is -0.332 e. The first-order chi connectivity index (χ1) is 19.2. The number of nitrogens with zero attached hydrogens (tertiary/aromatic N) is 3. The van der Waals surface area contributed by atoms with Crippen LogP contribution in [0.5, 0.6) is 0 Å². The molecule has 4 heterocycles. The Labute approximate surface area is 241 Å². The topological polar surface area (TPSA) is 129 Å². The lowest BCUT2D eigenvalue weighted by Crippen LogP contribution is -2.55. The lowest BCUT2D eigenvalue weighted by atomic mass is 10.1. The predicted octanol–water partition coefficient (Wildman–Crippen LogP) is 3.46. The maximum Gasteiger partial charge on any atom is 0.248 e. The molecule has 0 aliphatic carbocycles. The number of thiophene rings is 1. The van der Waals surface area contributed by atoms with Crippen molar-refractivity contribution in [1.29, 1.82) is 0 Å². The standard InChI is InChI=1S/C27H28ClN5O5S2/c28-23-11-10-19(39-23)13-16-40(37,38)31-21-7-3-14-32(27(21)36)17-25(34)33-15-4-8-22(33)26(35)30-24-12-9-18-5-1-2-6-20(18)29-24/h1-2,5-6,9-13,16,21-22,31H,3-4,7-8,14-15,17H2,(H,29,30,35)/b16-13+. The van der Waals surface area contributed by atoms with E-state index in [1.54, 1.807) is 18.2 Å². The van der Waals surface area contributed by atoms with Crippen molar-refractivity contribution < 1.29 is 22.8 Å². The highest BCUT2D eigenvalue weighted by molar-refractivity contribution is 7.92. The van der Waals surface area contributed by atoms with Crippen molar-refractivity contribution in [2.45, 2.75) is 37.8 Å². The van der Waals surface area contributed by atoms with Gasteiger partial charge in [-0.2, -0.15) is 4.72 Å². The Hall–Kier alpha value is -3.32. The summed E-state index contributed by atoms with van der Waals surface area (Å²) in [6.07, 6.45) is 3.44. The largest absolute Gasteiger partial charge is 0.332 e. The van der Waals surface area contributed by atoms with Crippen LogP contribution in [0.25, 0.3) is 17.0 Å². The number of hydrogen-bond acceptors (Lipinski definition) is 7. The molecule has 210 valence electrons. The maximum atomic E-state index is 13.2. The Morgan fingerprint density at radius 3 is 2.67 bits per heavy atom. The number of hydrogen-bond donors (Lipinski definition) is 2. The highest BCUT2D eigenvalue weighted by atomic mass is 35.5. The molecule has 1 aromatic carbocycles. The number of piperidine rings is 1. The van der Waals surface area contributed by atoms with E-state index >= 15 is 0 Å². The van der Waals surface area contributed by atoms with Crippen molar-refractivity contribution in [3.8, 4) is 0 Å². The van der Waals surface area contributed by atoms with E-state index in [2.05, 4.69) is 15.0 Å². The van der Waals surface area contributed by atoms with Gasteiger partial charge in [-0.15, -0.1) is 11.3 Å². The number of halogens is 1. The molecule has 2 unspecified atom stereocenters. The lowest BCUT2D eigenvalue weighted by molar-refractivity contribution is -0.144. The van der Waals surface area contributed by atoms with Gasteiger partial charge in [0.15, 0.2) is 0 Å². The van der Waals surface area contributed by atoms with E-state index in [4.69, 9.17) is 11.6 Å². The third-order valence-electron chi connectivity index (χ3n) is 6.89. The number of anilines is 1. The number of carbonyl (C=O) groups is 3. The van der Waals surface area contributed by atoms with E-state index < -0.39 is 28.0 Å². The van der Waals surface area contributed by atoms with Crippen molar-refractivity contribution in [2.24, 2.45) is 0 Å². The van der Waals surface area contributed by atoms with E-state index in [0.29, 0.717) is 53.8 Å². The van der Waals surface area contributed by atoms with Crippen molar-refractivity contribution in [3.05, 3.63) is 63.2 Å². The zero-order valence-electron chi connectivity index (χ0n) is 21.5. The Balaban J connectivity index is 1.19. The third-order valence-corrected chi connectivity index (χ3v) is 9.20. The minimum atomic E-state index is -3.90. The average Bonchev–Trinajstić information content (AvgIpc) is 3.59. The van der Waals surface area contributed by atoms with Crippen LogP contribution >= 0.6 is 22.9 Å². The monoisotopic (exact) mass is 601 g/mol. The normalized spacial score (nSPS) is 20.0. The van der Waals surface area contributed by atoms with Crippen LogP contribution in [0.2, 0.25) is 4.34 Å². The van der Waals surface area contributed by atoms with Gasteiger partial charge in [0, 0.05) is 28.8 Å². The zero-order valence-corrected chi connectivity index (χ0v) is 23.8. The van der Waals surface area contributed by atoms with Crippen molar-refractivity contribution in [2.75, 3.05) is 25.0 Å². The molecule has 2 N–H and O–H groups in total. The number of likely N-dealkylation sites (tertiary alicyclic amines) is 2. The molecular weight excluding hydrogens is 574 g/mol. The molecule has 2 aliphatic rings. The zero-order chi connectivity index (χ0) is 28.3. The summed E-state index contributed by atoms with van der Waals surface area (Å²) in [7, 11) is -3.90. The molecule has 0 bridgehead atoms. The molecule has 3 aromatic rings. The summed E-state index contributed by atoms with van der Waals surface area (Å²) >= 11 is 7.12. The molecule has 2 fully saturated rings. The Bertz CT molecular complexity index is 1570. The molecular formula is C27H28ClN5O5S2.